The molecule has 1 atom stereocenters. The second-order valence-electron chi connectivity index (χ2n) is 6.55. The van der Waals surface area contributed by atoms with Crippen LogP contribution in [0.3, 0.4) is 0 Å². The summed E-state index contributed by atoms with van der Waals surface area (Å²) in [5.41, 5.74) is 8.22. The van der Waals surface area contributed by atoms with Crippen molar-refractivity contribution in [1.29, 1.82) is 0 Å². The number of carbonyl (C=O) groups excluding carboxylic acids is 2. The fourth-order valence-electron chi connectivity index (χ4n) is 3.34. The first-order valence-corrected chi connectivity index (χ1v) is 8.98. The van der Waals surface area contributed by atoms with Crippen LogP contribution in [0.1, 0.15) is 27.5 Å². The van der Waals surface area contributed by atoms with Crippen molar-refractivity contribution in [3.05, 3.63) is 70.2 Å². The SMILES string of the molecule is Cc1cccc(C(=O)N2CCN([C@@H](C(N)=O)c3ccc(Cl)cc3)CC2)c1. The van der Waals surface area contributed by atoms with Gasteiger partial charge < -0.3 is 10.6 Å². The monoisotopic (exact) mass is 371 g/mol. The fourth-order valence-corrected chi connectivity index (χ4v) is 3.47. The maximum absolute atomic E-state index is 12.7. The van der Waals surface area contributed by atoms with Crippen molar-refractivity contribution in [2.45, 2.75) is 13.0 Å². The Morgan fingerprint density at radius 2 is 1.69 bits per heavy atom. The van der Waals surface area contributed by atoms with Gasteiger partial charge in [0.15, 0.2) is 0 Å². The minimum atomic E-state index is -0.511. The number of hydrogen-bond donors (Lipinski definition) is 1. The molecule has 0 aromatic heterocycles. The second kappa shape index (κ2) is 7.89. The van der Waals surface area contributed by atoms with Gasteiger partial charge in [0.1, 0.15) is 6.04 Å². The number of carbonyl (C=O) groups is 2. The van der Waals surface area contributed by atoms with Crippen molar-refractivity contribution in [1.82, 2.24) is 9.80 Å². The van der Waals surface area contributed by atoms with Crippen LogP contribution in [0.4, 0.5) is 0 Å². The highest BCUT2D eigenvalue weighted by molar-refractivity contribution is 6.30. The molecule has 5 nitrogen and oxygen atoms in total. The number of primary amides is 1. The van der Waals surface area contributed by atoms with Gasteiger partial charge in [-0.1, -0.05) is 41.4 Å². The Balaban J connectivity index is 1.69. The summed E-state index contributed by atoms with van der Waals surface area (Å²) in [5, 5.41) is 0.616. The molecule has 1 heterocycles. The molecule has 0 unspecified atom stereocenters. The van der Waals surface area contributed by atoms with Gasteiger partial charge in [-0.05, 0) is 36.8 Å². The first-order chi connectivity index (χ1) is 12.5. The van der Waals surface area contributed by atoms with Crippen LogP contribution >= 0.6 is 11.6 Å². The molecule has 136 valence electrons. The largest absolute Gasteiger partial charge is 0.368 e. The number of halogens is 1. The third kappa shape index (κ3) is 4.06. The highest BCUT2D eigenvalue weighted by Gasteiger charge is 2.30. The van der Waals surface area contributed by atoms with E-state index in [1.807, 2.05) is 53.1 Å². The molecule has 3 rings (SSSR count). The first kappa shape index (κ1) is 18.4. The average molecular weight is 372 g/mol. The van der Waals surface area contributed by atoms with Crippen molar-refractivity contribution >= 4 is 23.4 Å². The smallest absolute Gasteiger partial charge is 0.253 e. The van der Waals surface area contributed by atoms with E-state index < -0.39 is 11.9 Å². The Morgan fingerprint density at radius 1 is 1.04 bits per heavy atom. The van der Waals surface area contributed by atoms with E-state index in [9.17, 15) is 9.59 Å². The minimum absolute atomic E-state index is 0.0236. The maximum Gasteiger partial charge on any atom is 0.253 e. The Morgan fingerprint density at radius 3 is 2.27 bits per heavy atom. The Labute approximate surface area is 158 Å². The van der Waals surface area contributed by atoms with Crippen LogP contribution in [0.25, 0.3) is 0 Å². The molecule has 2 amide bonds. The first-order valence-electron chi connectivity index (χ1n) is 8.60. The van der Waals surface area contributed by atoms with E-state index in [4.69, 9.17) is 17.3 Å². The second-order valence-corrected chi connectivity index (χ2v) is 6.99. The Hall–Kier alpha value is -2.37. The molecule has 0 saturated carbocycles. The molecule has 1 aliphatic rings. The number of nitrogens with two attached hydrogens (primary N) is 1. The highest BCUT2D eigenvalue weighted by atomic mass is 35.5. The number of rotatable bonds is 4. The predicted octanol–water partition coefficient (Wildman–Crippen LogP) is 2.63. The van der Waals surface area contributed by atoms with Crippen molar-refractivity contribution in [2.75, 3.05) is 26.2 Å². The van der Waals surface area contributed by atoms with Gasteiger partial charge in [-0.25, -0.2) is 0 Å². The number of hydrogen-bond acceptors (Lipinski definition) is 3. The van der Waals surface area contributed by atoms with E-state index in [1.165, 1.54) is 0 Å². The molecule has 1 fully saturated rings. The van der Waals surface area contributed by atoms with Gasteiger partial charge >= 0.3 is 0 Å². The van der Waals surface area contributed by atoms with E-state index >= 15 is 0 Å². The van der Waals surface area contributed by atoms with Crippen molar-refractivity contribution in [3.63, 3.8) is 0 Å². The van der Waals surface area contributed by atoms with Crippen molar-refractivity contribution in [3.8, 4) is 0 Å². The normalized spacial score (nSPS) is 16.3. The van der Waals surface area contributed by atoms with E-state index in [1.54, 1.807) is 12.1 Å². The number of aryl methyl sites for hydroxylation is 1. The number of amides is 2. The molecule has 2 aromatic carbocycles. The topological polar surface area (TPSA) is 66.6 Å². The molecule has 0 spiro atoms. The molecule has 1 saturated heterocycles. The summed E-state index contributed by atoms with van der Waals surface area (Å²) in [4.78, 5) is 28.5. The average Bonchev–Trinajstić information content (AvgIpc) is 2.63. The van der Waals surface area contributed by atoms with Crippen LogP contribution < -0.4 is 5.73 Å². The van der Waals surface area contributed by atoms with Crippen LogP contribution in [0.15, 0.2) is 48.5 Å². The standard InChI is InChI=1S/C20H22ClN3O2/c1-14-3-2-4-16(13-14)20(26)24-11-9-23(10-12-24)18(19(22)25)15-5-7-17(21)8-6-15/h2-8,13,18H,9-12H2,1H3,(H2,22,25)/t18-/m1/s1. The predicted molar refractivity (Wildman–Crippen MR) is 102 cm³/mol. The molecule has 0 bridgehead atoms. The van der Waals surface area contributed by atoms with Crippen LogP contribution in [-0.2, 0) is 4.79 Å². The van der Waals surface area contributed by atoms with E-state index in [0.717, 1.165) is 11.1 Å². The molecule has 2 aromatic rings. The summed E-state index contributed by atoms with van der Waals surface area (Å²) in [6.45, 7) is 4.27. The lowest BCUT2D eigenvalue weighted by atomic mass is 10.0. The Bertz CT molecular complexity index is 799. The molecule has 0 radical (unpaired) electrons. The van der Waals surface area contributed by atoms with Gasteiger partial charge in [0.05, 0.1) is 0 Å². The molecular weight excluding hydrogens is 350 g/mol. The zero-order valence-electron chi connectivity index (χ0n) is 14.7. The van der Waals surface area contributed by atoms with E-state index in [-0.39, 0.29) is 5.91 Å². The van der Waals surface area contributed by atoms with Crippen LogP contribution in [0.2, 0.25) is 5.02 Å². The van der Waals surface area contributed by atoms with Gasteiger partial charge in [-0.15, -0.1) is 0 Å². The molecule has 6 heteroatoms. The van der Waals surface area contributed by atoms with Crippen LogP contribution in [-0.4, -0.2) is 47.8 Å². The number of nitrogens with zero attached hydrogens (tertiary/aromatic N) is 2. The maximum atomic E-state index is 12.7. The number of piperazine rings is 1. The molecule has 0 aliphatic carbocycles. The minimum Gasteiger partial charge on any atom is -0.368 e. The van der Waals surface area contributed by atoms with Gasteiger partial charge in [-0.2, -0.15) is 0 Å². The quantitative estimate of drug-likeness (QED) is 0.898. The zero-order valence-corrected chi connectivity index (χ0v) is 15.4. The lowest BCUT2D eigenvalue weighted by molar-refractivity contribution is -0.124. The van der Waals surface area contributed by atoms with Gasteiger partial charge in [0.25, 0.3) is 5.91 Å². The summed E-state index contributed by atoms with van der Waals surface area (Å²) in [6, 6.07) is 14.2. The van der Waals surface area contributed by atoms with Crippen LogP contribution in [0.5, 0.6) is 0 Å². The summed E-state index contributed by atoms with van der Waals surface area (Å²) in [7, 11) is 0. The fraction of sp³-hybridized carbons (Fsp3) is 0.300. The molecular formula is C20H22ClN3O2. The lowest BCUT2D eigenvalue weighted by Gasteiger charge is -2.38. The summed E-state index contributed by atoms with van der Waals surface area (Å²) < 4.78 is 0. The van der Waals surface area contributed by atoms with Gasteiger partial charge in [0, 0.05) is 36.8 Å². The van der Waals surface area contributed by atoms with E-state index in [0.29, 0.717) is 36.8 Å². The summed E-state index contributed by atoms with van der Waals surface area (Å²) in [6.07, 6.45) is 0. The van der Waals surface area contributed by atoms with E-state index in [2.05, 4.69) is 0 Å². The number of benzene rings is 2. The highest BCUT2D eigenvalue weighted by Crippen LogP contribution is 2.24. The zero-order chi connectivity index (χ0) is 18.7. The third-order valence-corrected chi connectivity index (χ3v) is 4.94. The lowest BCUT2D eigenvalue weighted by Crippen LogP contribution is -2.51. The van der Waals surface area contributed by atoms with Crippen molar-refractivity contribution < 1.29 is 9.59 Å². The molecule has 2 N–H and O–H groups in total. The summed E-state index contributed by atoms with van der Waals surface area (Å²) in [5.74, 6) is -0.374. The van der Waals surface area contributed by atoms with Crippen molar-refractivity contribution in [2.24, 2.45) is 5.73 Å². The third-order valence-electron chi connectivity index (χ3n) is 4.69. The van der Waals surface area contributed by atoms with Gasteiger partial charge in [0.2, 0.25) is 5.91 Å². The molecule has 1 aliphatic heterocycles. The molecule has 26 heavy (non-hydrogen) atoms. The Kier molecular flexibility index (Phi) is 5.59. The van der Waals surface area contributed by atoms with Crippen LogP contribution in [0, 0.1) is 6.92 Å². The van der Waals surface area contributed by atoms with Gasteiger partial charge in [-0.3, -0.25) is 14.5 Å². The summed E-state index contributed by atoms with van der Waals surface area (Å²) >= 11 is 5.93.